The molecule has 2 atom stereocenters. The molecule has 0 bridgehead atoms. The summed E-state index contributed by atoms with van der Waals surface area (Å²) in [7, 11) is 1.37. The molecular formula is C20H24N2O5. The lowest BCUT2D eigenvalue weighted by atomic mass is 9.92. The molecule has 1 amide bonds. The number of carbonyl (C=O) groups excluding carboxylic acids is 2. The first-order valence-electron chi connectivity index (χ1n) is 8.60. The molecule has 2 rings (SSSR count). The lowest BCUT2D eigenvalue weighted by Gasteiger charge is -2.22. The Balaban J connectivity index is 1.92. The summed E-state index contributed by atoms with van der Waals surface area (Å²) in [4.78, 5) is 28.0. The Hall–Kier alpha value is -3.09. The van der Waals surface area contributed by atoms with E-state index >= 15 is 0 Å². The van der Waals surface area contributed by atoms with E-state index in [-0.39, 0.29) is 35.8 Å². The van der Waals surface area contributed by atoms with Crippen LogP contribution in [0.25, 0.3) is 0 Å². The molecule has 1 aromatic heterocycles. The van der Waals surface area contributed by atoms with Crippen molar-refractivity contribution < 1.29 is 24.2 Å². The summed E-state index contributed by atoms with van der Waals surface area (Å²) in [5.74, 6) is -1.51. The largest absolute Gasteiger partial charge is 0.503 e. The SMILES string of the molecule is COc1ccnc(C(=O)NCC(=O)O[C@@H](C)[C@H](C)c2ccccc2C)c1O. The molecule has 27 heavy (non-hydrogen) atoms. The topological polar surface area (TPSA) is 97.8 Å². The van der Waals surface area contributed by atoms with E-state index in [1.54, 1.807) is 0 Å². The highest BCUT2D eigenvalue weighted by atomic mass is 16.5. The average Bonchev–Trinajstić information content (AvgIpc) is 2.66. The van der Waals surface area contributed by atoms with Gasteiger partial charge in [0.15, 0.2) is 17.2 Å². The number of esters is 1. The Kier molecular flexibility index (Phi) is 6.76. The fraction of sp³-hybridized carbons (Fsp3) is 0.350. The second-order valence-electron chi connectivity index (χ2n) is 6.23. The van der Waals surface area contributed by atoms with Crippen LogP contribution in [0.3, 0.4) is 0 Å². The number of nitrogens with one attached hydrogen (secondary N) is 1. The van der Waals surface area contributed by atoms with Gasteiger partial charge in [0, 0.05) is 18.2 Å². The highest BCUT2D eigenvalue weighted by Crippen LogP contribution is 2.27. The summed E-state index contributed by atoms with van der Waals surface area (Å²) in [5.41, 5.74) is 2.01. The molecule has 0 aliphatic carbocycles. The molecule has 0 aliphatic heterocycles. The lowest BCUT2D eigenvalue weighted by molar-refractivity contribution is -0.147. The first-order chi connectivity index (χ1) is 12.8. The van der Waals surface area contributed by atoms with E-state index in [1.165, 1.54) is 19.4 Å². The van der Waals surface area contributed by atoms with Crippen LogP contribution in [-0.4, -0.2) is 41.7 Å². The molecule has 0 spiro atoms. The number of rotatable bonds is 7. The highest BCUT2D eigenvalue weighted by Gasteiger charge is 2.21. The third kappa shape index (κ3) is 4.97. The van der Waals surface area contributed by atoms with Gasteiger partial charge in [-0.25, -0.2) is 4.98 Å². The summed E-state index contributed by atoms with van der Waals surface area (Å²) in [5, 5.41) is 12.3. The third-order valence-corrected chi connectivity index (χ3v) is 4.42. The summed E-state index contributed by atoms with van der Waals surface area (Å²) in [6, 6.07) is 9.34. The number of nitrogens with zero attached hydrogens (tertiary/aromatic N) is 1. The molecule has 0 unspecified atom stereocenters. The monoisotopic (exact) mass is 372 g/mol. The molecule has 0 fully saturated rings. The zero-order chi connectivity index (χ0) is 20.0. The van der Waals surface area contributed by atoms with Crippen LogP contribution in [0.5, 0.6) is 11.5 Å². The molecule has 0 radical (unpaired) electrons. The van der Waals surface area contributed by atoms with Crippen LogP contribution < -0.4 is 10.1 Å². The normalized spacial score (nSPS) is 12.7. The van der Waals surface area contributed by atoms with E-state index in [0.29, 0.717) is 0 Å². The van der Waals surface area contributed by atoms with Gasteiger partial charge in [-0.3, -0.25) is 9.59 Å². The van der Waals surface area contributed by atoms with Crippen LogP contribution in [0, 0.1) is 6.92 Å². The number of aromatic nitrogens is 1. The summed E-state index contributed by atoms with van der Waals surface area (Å²) in [6.07, 6.45) is 0.969. The maximum Gasteiger partial charge on any atom is 0.325 e. The molecule has 144 valence electrons. The van der Waals surface area contributed by atoms with Crippen molar-refractivity contribution in [2.24, 2.45) is 0 Å². The Morgan fingerprint density at radius 2 is 1.93 bits per heavy atom. The van der Waals surface area contributed by atoms with Crippen molar-refractivity contribution in [1.29, 1.82) is 0 Å². The van der Waals surface area contributed by atoms with Crippen LogP contribution in [0.15, 0.2) is 36.5 Å². The van der Waals surface area contributed by atoms with Crippen LogP contribution >= 0.6 is 0 Å². The average molecular weight is 372 g/mol. The molecule has 7 heteroatoms. The van der Waals surface area contributed by atoms with Gasteiger partial charge in [0.25, 0.3) is 5.91 Å². The molecule has 0 saturated carbocycles. The number of methoxy groups -OCH3 is 1. The zero-order valence-electron chi connectivity index (χ0n) is 15.9. The van der Waals surface area contributed by atoms with E-state index < -0.39 is 11.9 Å². The highest BCUT2D eigenvalue weighted by molar-refractivity contribution is 5.97. The fourth-order valence-corrected chi connectivity index (χ4v) is 2.70. The summed E-state index contributed by atoms with van der Waals surface area (Å²) < 4.78 is 10.4. The second-order valence-corrected chi connectivity index (χ2v) is 6.23. The Labute approximate surface area is 158 Å². The maximum atomic E-state index is 12.1. The van der Waals surface area contributed by atoms with Crippen molar-refractivity contribution in [2.45, 2.75) is 32.8 Å². The Morgan fingerprint density at radius 3 is 2.59 bits per heavy atom. The smallest absolute Gasteiger partial charge is 0.325 e. The molecule has 1 aromatic carbocycles. The van der Waals surface area contributed by atoms with Gasteiger partial charge in [0.1, 0.15) is 12.6 Å². The van der Waals surface area contributed by atoms with Crippen LogP contribution in [-0.2, 0) is 9.53 Å². The number of aromatic hydroxyl groups is 1. The molecular weight excluding hydrogens is 348 g/mol. The Bertz CT molecular complexity index is 822. The van der Waals surface area contributed by atoms with Gasteiger partial charge in [-0.05, 0) is 25.0 Å². The van der Waals surface area contributed by atoms with E-state index in [2.05, 4.69) is 10.3 Å². The minimum atomic E-state index is -0.692. The van der Waals surface area contributed by atoms with Crippen molar-refractivity contribution in [3.63, 3.8) is 0 Å². The van der Waals surface area contributed by atoms with Crippen LogP contribution in [0.1, 0.15) is 41.4 Å². The van der Waals surface area contributed by atoms with Gasteiger partial charge in [-0.15, -0.1) is 0 Å². The van der Waals surface area contributed by atoms with E-state index in [0.717, 1.165) is 11.1 Å². The number of aryl methyl sites for hydroxylation is 1. The number of hydrogen-bond donors (Lipinski definition) is 2. The number of ether oxygens (including phenoxy) is 2. The molecule has 2 N–H and O–H groups in total. The first kappa shape index (κ1) is 20.2. The van der Waals surface area contributed by atoms with Crippen LogP contribution in [0.4, 0.5) is 0 Å². The maximum absolute atomic E-state index is 12.1. The number of carbonyl (C=O) groups is 2. The van der Waals surface area contributed by atoms with Gasteiger partial charge in [0.2, 0.25) is 0 Å². The standard InChI is InChI=1S/C20H24N2O5/c1-12-7-5-6-8-15(12)13(2)14(3)27-17(23)11-22-20(25)18-19(24)16(26-4)9-10-21-18/h5-10,13-14,24H,11H2,1-4H3,(H,22,25)/t13-,14-/m0/s1. The molecule has 1 heterocycles. The molecule has 0 aliphatic rings. The fourth-order valence-electron chi connectivity index (χ4n) is 2.70. The van der Waals surface area contributed by atoms with Crippen molar-refractivity contribution in [3.8, 4) is 11.5 Å². The number of pyridine rings is 1. The van der Waals surface area contributed by atoms with Gasteiger partial charge < -0.3 is 19.9 Å². The zero-order valence-corrected chi connectivity index (χ0v) is 15.9. The molecule has 7 nitrogen and oxygen atoms in total. The van der Waals surface area contributed by atoms with E-state index in [4.69, 9.17) is 9.47 Å². The Morgan fingerprint density at radius 1 is 1.22 bits per heavy atom. The summed E-state index contributed by atoms with van der Waals surface area (Å²) in [6.45, 7) is 5.47. The van der Waals surface area contributed by atoms with Gasteiger partial charge in [-0.1, -0.05) is 31.2 Å². The predicted molar refractivity (Wildman–Crippen MR) is 99.9 cm³/mol. The lowest BCUT2D eigenvalue weighted by Crippen LogP contribution is -2.33. The number of hydrogen-bond acceptors (Lipinski definition) is 6. The van der Waals surface area contributed by atoms with Crippen molar-refractivity contribution in [3.05, 3.63) is 53.3 Å². The third-order valence-electron chi connectivity index (χ3n) is 4.42. The van der Waals surface area contributed by atoms with Crippen molar-refractivity contribution in [2.75, 3.05) is 13.7 Å². The predicted octanol–water partition coefficient (Wildman–Crippen LogP) is 2.57. The van der Waals surface area contributed by atoms with Gasteiger partial charge >= 0.3 is 5.97 Å². The van der Waals surface area contributed by atoms with E-state index in [9.17, 15) is 14.7 Å². The minimum absolute atomic E-state index is 0.00921. The van der Waals surface area contributed by atoms with Crippen molar-refractivity contribution >= 4 is 11.9 Å². The summed E-state index contributed by atoms with van der Waals surface area (Å²) >= 11 is 0. The van der Waals surface area contributed by atoms with Gasteiger partial charge in [0.05, 0.1) is 7.11 Å². The minimum Gasteiger partial charge on any atom is -0.503 e. The molecule has 0 saturated heterocycles. The second kappa shape index (κ2) is 9.02. The first-order valence-corrected chi connectivity index (χ1v) is 8.60. The van der Waals surface area contributed by atoms with Crippen LogP contribution in [0.2, 0.25) is 0 Å². The quantitative estimate of drug-likeness (QED) is 0.725. The van der Waals surface area contributed by atoms with Crippen molar-refractivity contribution in [1.82, 2.24) is 10.3 Å². The van der Waals surface area contributed by atoms with E-state index in [1.807, 2.05) is 45.0 Å². The number of amides is 1. The molecule has 2 aromatic rings. The number of benzene rings is 1. The van der Waals surface area contributed by atoms with Gasteiger partial charge in [-0.2, -0.15) is 0 Å².